The number of halogens is 1. The molecule has 0 radical (unpaired) electrons. The van der Waals surface area contributed by atoms with Gasteiger partial charge in [-0.05, 0) is 43.4 Å². The molecule has 0 aromatic heterocycles. The normalized spacial score (nSPS) is 17.7. The van der Waals surface area contributed by atoms with Crippen molar-refractivity contribution in [2.45, 2.75) is 37.2 Å². The van der Waals surface area contributed by atoms with Crippen molar-refractivity contribution in [2.24, 2.45) is 11.7 Å². The molecule has 1 unspecified atom stereocenters. The Morgan fingerprint density at radius 2 is 2.11 bits per heavy atom. The van der Waals surface area contributed by atoms with Crippen LogP contribution in [0.5, 0.6) is 0 Å². The third-order valence-corrected chi connectivity index (χ3v) is 6.19. The number of nitrogens with zero attached hydrogens (tertiary/aromatic N) is 1. The predicted octanol–water partition coefficient (Wildman–Crippen LogP) is 2.22. The third kappa shape index (κ3) is 2.94. The molecule has 0 saturated heterocycles. The van der Waals surface area contributed by atoms with Crippen LogP contribution in [0.1, 0.15) is 25.3 Å². The Bertz CT molecular complexity index is 570. The van der Waals surface area contributed by atoms with Crippen LogP contribution in [0.15, 0.2) is 23.1 Å². The second kappa shape index (κ2) is 5.40. The molecule has 1 atom stereocenters. The van der Waals surface area contributed by atoms with Gasteiger partial charge in [0.05, 0.1) is 5.02 Å². The fourth-order valence-electron chi connectivity index (χ4n) is 2.13. The van der Waals surface area contributed by atoms with Gasteiger partial charge in [0, 0.05) is 19.6 Å². The lowest BCUT2D eigenvalue weighted by molar-refractivity contribution is 0.357. The standard InChI is InChI=1S/C13H19ClN2O2S/c1-9(11-4-5-11)16(2)19(17,18)13-6-3-10(8-15)7-12(13)14/h3,6-7,9,11H,4-5,8,15H2,1-2H3. The maximum atomic E-state index is 12.5. The lowest BCUT2D eigenvalue weighted by Crippen LogP contribution is -2.36. The highest BCUT2D eigenvalue weighted by molar-refractivity contribution is 7.89. The van der Waals surface area contributed by atoms with E-state index in [-0.39, 0.29) is 16.0 Å². The molecule has 0 amide bonds. The second-order valence-corrected chi connectivity index (χ2v) is 7.44. The molecule has 2 N–H and O–H groups in total. The molecule has 0 bridgehead atoms. The summed E-state index contributed by atoms with van der Waals surface area (Å²) in [7, 11) is -1.92. The van der Waals surface area contributed by atoms with Gasteiger partial charge in [0.2, 0.25) is 10.0 Å². The average molecular weight is 303 g/mol. The van der Waals surface area contributed by atoms with E-state index in [0.29, 0.717) is 12.5 Å². The Morgan fingerprint density at radius 3 is 2.58 bits per heavy atom. The van der Waals surface area contributed by atoms with Crippen molar-refractivity contribution >= 4 is 21.6 Å². The molecular weight excluding hydrogens is 284 g/mol. The molecule has 1 aliphatic rings. The van der Waals surface area contributed by atoms with Gasteiger partial charge in [-0.1, -0.05) is 17.7 Å². The Morgan fingerprint density at radius 1 is 1.47 bits per heavy atom. The molecule has 1 fully saturated rings. The average Bonchev–Trinajstić information content (AvgIpc) is 3.20. The van der Waals surface area contributed by atoms with Crippen LogP contribution >= 0.6 is 11.6 Å². The molecule has 1 saturated carbocycles. The maximum Gasteiger partial charge on any atom is 0.244 e. The second-order valence-electron chi connectivity index (χ2n) is 5.07. The van der Waals surface area contributed by atoms with Gasteiger partial charge >= 0.3 is 0 Å². The van der Waals surface area contributed by atoms with Gasteiger partial charge in [0.15, 0.2) is 0 Å². The van der Waals surface area contributed by atoms with E-state index in [0.717, 1.165) is 18.4 Å². The molecule has 6 heteroatoms. The molecule has 0 spiro atoms. The minimum atomic E-state index is -3.54. The monoisotopic (exact) mass is 302 g/mol. The summed E-state index contributed by atoms with van der Waals surface area (Å²) in [6.45, 7) is 2.28. The van der Waals surface area contributed by atoms with E-state index in [1.165, 1.54) is 10.4 Å². The van der Waals surface area contributed by atoms with Crippen LogP contribution in [-0.2, 0) is 16.6 Å². The summed E-state index contributed by atoms with van der Waals surface area (Å²) in [4.78, 5) is 0.154. The SMILES string of the molecule is CC(C1CC1)N(C)S(=O)(=O)c1ccc(CN)cc1Cl. The number of rotatable bonds is 5. The van der Waals surface area contributed by atoms with Crippen LogP contribution in [0.2, 0.25) is 5.02 Å². The highest BCUT2D eigenvalue weighted by Crippen LogP contribution is 2.37. The summed E-state index contributed by atoms with van der Waals surface area (Å²) in [5.41, 5.74) is 6.34. The molecular formula is C13H19ClN2O2S. The first kappa shape index (κ1) is 14.8. The van der Waals surface area contributed by atoms with E-state index < -0.39 is 10.0 Å². The first-order chi connectivity index (χ1) is 8.87. The highest BCUT2D eigenvalue weighted by atomic mass is 35.5. The van der Waals surface area contributed by atoms with Crippen molar-refractivity contribution in [3.8, 4) is 0 Å². The summed E-state index contributed by atoms with van der Waals surface area (Å²) in [6.07, 6.45) is 2.20. The van der Waals surface area contributed by atoms with E-state index in [9.17, 15) is 8.42 Å². The van der Waals surface area contributed by atoms with E-state index in [4.69, 9.17) is 17.3 Å². The Balaban J connectivity index is 2.33. The van der Waals surface area contributed by atoms with Gasteiger partial charge < -0.3 is 5.73 Å². The van der Waals surface area contributed by atoms with E-state index >= 15 is 0 Å². The quantitative estimate of drug-likeness (QED) is 0.907. The molecule has 0 aliphatic heterocycles. The highest BCUT2D eigenvalue weighted by Gasteiger charge is 2.36. The Labute approximate surface area is 119 Å². The fourth-order valence-corrected chi connectivity index (χ4v) is 4.09. The molecule has 1 aliphatic carbocycles. The zero-order chi connectivity index (χ0) is 14.2. The van der Waals surface area contributed by atoms with Gasteiger partial charge in [-0.25, -0.2) is 8.42 Å². The van der Waals surface area contributed by atoms with Crippen molar-refractivity contribution in [3.63, 3.8) is 0 Å². The minimum absolute atomic E-state index is 0.00949. The summed E-state index contributed by atoms with van der Waals surface area (Å²) >= 11 is 6.08. The first-order valence-electron chi connectivity index (χ1n) is 6.34. The molecule has 2 rings (SSSR count). The van der Waals surface area contributed by atoms with Crippen LogP contribution in [-0.4, -0.2) is 25.8 Å². The van der Waals surface area contributed by atoms with Crippen LogP contribution < -0.4 is 5.73 Å². The largest absolute Gasteiger partial charge is 0.326 e. The van der Waals surface area contributed by atoms with E-state index in [2.05, 4.69) is 0 Å². The topological polar surface area (TPSA) is 63.4 Å². The van der Waals surface area contributed by atoms with Crippen molar-refractivity contribution in [1.29, 1.82) is 0 Å². The van der Waals surface area contributed by atoms with Gasteiger partial charge in [-0.15, -0.1) is 0 Å². The number of sulfonamides is 1. The maximum absolute atomic E-state index is 12.5. The van der Waals surface area contributed by atoms with Crippen molar-refractivity contribution in [1.82, 2.24) is 4.31 Å². The zero-order valence-corrected chi connectivity index (χ0v) is 12.7. The smallest absolute Gasteiger partial charge is 0.244 e. The van der Waals surface area contributed by atoms with Gasteiger partial charge in [-0.3, -0.25) is 0 Å². The van der Waals surface area contributed by atoms with E-state index in [1.807, 2.05) is 6.92 Å². The Kier molecular flexibility index (Phi) is 4.20. The molecule has 106 valence electrons. The van der Waals surface area contributed by atoms with E-state index in [1.54, 1.807) is 19.2 Å². The van der Waals surface area contributed by atoms with Crippen LogP contribution in [0.3, 0.4) is 0 Å². The van der Waals surface area contributed by atoms with Crippen LogP contribution in [0.25, 0.3) is 0 Å². The van der Waals surface area contributed by atoms with Crippen LogP contribution in [0.4, 0.5) is 0 Å². The van der Waals surface area contributed by atoms with Gasteiger partial charge in [0.25, 0.3) is 0 Å². The van der Waals surface area contributed by atoms with Crippen LogP contribution in [0, 0.1) is 5.92 Å². The number of nitrogens with two attached hydrogens (primary N) is 1. The predicted molar refractivity (Wildman–Crippen MR) is 76.5 cm³/mol. The number of hydrogen-bond acceptors (Lipinski definition) is 3. The molecule has 0 heterocycles. The van der Waals surface area contributed by atoms with Crippen molar-refractivity contribution < 1.29 is 8.42 Å². The lowest BCUT2D eigenvalue weighted by Gasteiger charge is -2.24. The van der Waals surface area contributed by atoms with Gasteiger partial charge in [-0.2, -0.15) is 4.31 Å². The lowest BCUT2D eigenvalue weighted by atomic mass is 10.2. The molecule has 1 aromatic rings. The molecule has 19 heavy (non-hydrogen) atoms. The summed E-state index contributed by atoms with van der Waals surface area (Å²) < 4.78 is 26.5. The molecule has 1 aromatic carbocycles. The molecule has 4 nitrogen and oxygen atoms in total. The minimum Gasteiger partial charge on any atom is -0.326 e. The number of hydrogen-bond donors (Lipinski definition) is 1. The van der Waals surface area contributed by atoms with Crippen molar-refractivity contribution in [3.05, 3.63) is 28.8 Å². The third-order valence-electron chi connectivity index (χ3n) is 3.77. The fraction of sp³-hybridized carbons (Fsp3) is 0.538. The summed E-state index contributed by atoms with van der Waals surface area (Å²) in [6, 6.07) is 4.87. The summed E-state index contributed by atoms with van der Waals surface area (Å²) in [5.74, 6) is 0.474. The summed E-state index contributed by atoms with van der Waals surface area (Å²) in [5, 5.41) is 0.234. The van der Waals surface area contributed by atoms with Crippen molar-refractivity contribution in [2.75, 3.05) is 7.05 Å². The number of benzene rings is 1. The van der Waals surface area contributed by atoms with Gasteiger partial charge in [0.1, 0.15) is 4.90 Å². The first-order valence-corrected chi connectivity index (χ1v) is 8.16. The Hall–Kier alpha value is -0.620. The zero-order valence-electron chi connectivity index (χ0n) is 11.1.